The van der Waals surface area contributed by atoms with Gasteiger partial charge in [0.15, 0.2) is 0 Å². The number of carbonyl (C=O) groups is 1. The van der Waals surface area contributed by atoms with E-state index in [0.29, 0.717) is 33.2 Å². The molecule has 4 rings (SSSR count). The van der Waals surface area contributed by atoms with Gasteiger partial charge >= 0.3 is 6.18 Å². The number of carbonyl (C=O) groups excluding carboxylic acids is 1. The molecule has 4 N–H and O–H groups in total. The normalized spacial score (nSPS) is 17.0. The van der Waals surface area contributed by atoms with E-state index in [9.17, 15) is 18.0 Å². The van der Waals surface area contributed by atoms with Crippen LogP contribution < -0.4 is 16.0 Å². The van der Waals surface area contributed by atoms with Crippen LogP contribution in [0.2, 0.25) is 0 Å². The van der Waals surface area contributed by atoms with Crippen LogP contribution in [0.5, 0.6) is 0 Å². The number of benzene rings is 1. The average molecular weight is 497 g/mol. The highest BCUT2D eigenvalue weighted by Crippen LogP contribution is 2.41. The minimum atomic E-state index is -4.61. The van der Waals surface area contributed by atoms with Crippen LogP contribution in [0.15, 0.2) is 29.0 Å². The van der Waals surface area contributed by atoms with Crippen LogP contribution >= 0.6 is 15.9 Å². The molecule has 11 heteroatoms. The number of anilines is 2. The Hall–Kier alpha value is -2.66. The predicted molar refractivity (Wildman–Crippen MR) is 116 cm³/mol. The van der Waals surface area contributed by atoms with E-state index in [0.717, 1.165) is 25.6 Å². The molecule has 0 saturated carbocycles. The molecule has 1 atom stereocenters. The number of hydrogen-bond donors (Lipinski definition) is 4. The smallest absolute Gasteiger partial charge is 0.360 e. The molecule has 1 aliphatic heterocycles. The highest BCUT2D eigenvalue weighted by atomic mass is 79.9. The Morgan fingerprint density at radius 3 is 2.81 bits per heavy atom. The first-order chi connectivity index (χ1) is 14.7. The zero-order chi connectivity index (χ0) is 22.2. The number of halogens is 4. The van der Waals surface area contributed by atoms with Crippen molar-refractivity contribution in [1.29, 1.82) is 0 Å². The molecular formula is C20H20BrF3N6O. The van der Waals surface area contributed by atoms with Gasteiger partial charge in [-0.2, -0.15) is 13.2 Å². The van der Waals surface area contributed by atoms with Gasteiger partial charge in [0.2, 0.25) is 11.9 Å². The first-order valence-electron chi connectivity index (χ1n) is 9.73. The van der Waals surface area contributed by atoms with E-state index >= 15 is 0 Å². The Morgan fingerprint density at radius 2 is 2.13 bits per heavy atom. The lowest BCUT2D eigenvalue weighted by atomic mass is 10.1. The summed E-state index contributed by atoms with van der Waals surface area (Å²) in [6, 6.07) is 3.33. The van der Waals surface area contributed by atoms with Crippen LogP contribution in [0.1, 0.15) is 25.3 Å². The number of rotatable bonds is 4. The van der Waals surface area contributed by atoms with Gasteiger partial charge in [-0.15, -0.1) is 0 Å². The van der Waals surface area contributed by atoms with Crippen LogP contribution in [0, 0.1) is 0 Å². The van der Waals surface area contributed by atoms with Crippen molar-refractivity contribution in [2.45, 2.75) is 32.0 Å². The molecular weight excluding hydrogens is 477 g/mol. The molecule has 1 fully saturated rings. The molecule has 1 aromatic carbocycles. The molecule has 1 amide bonds. The van der Waals surface area contributed by atoms with Gasteiger partial charge in [0.1, 0.15) is 5.56 Å². The summed E-state index contributed by atoms with van der Waals surface area (Å²) >= 11 is 3.41. The van der Waals surface area contributed by atoms with Crippen molar-refractivity contribution in [2.75, 3.05) is 23.7 Å². The highest BCUT2D eigenvalue weighted by molar-refractivity contribution is 9.10. The molecule has 1 unspecified atom stereocenters. The van der Waals surface area contributed by atoms with E-state index in [1.54, 1.807) is 12.1 Å². The maximum Gasteiger partial charge on any atom is 0.419 e. The highest BCUT2D eigenvalue weighted by Gasteiger charge is 2.36. The second kappa shape index (κ2) is 8.46. The lowest BCUT2D eigenvalue weighted by Crippen LogP contribution is -2.38. The summed E-state index contributed by atoms with van der Waals surface area (Å²) in [4.78, 5) is 22.5. The minimum absolute atomic E-state index is 0.0515. The molecule has 0 bridgehead atoms. The van der Waals surface area contributed by atoms with Crippen molar-refractivity contribution in [1.82, 2.24) is 20.3 Å². The van der Waals surface area contributed by atoms with Gasteiger partial charge in [0, 0.05) is 42.9 Å². The molecule has 2 aromatic heterocycles. The van der Waals surface area contributed by atoms with Crippen LogP contribution in [-0.2, 0) is 11.0 Å². The molecule has 0 spiro atoms. The average Bonchev–Trinajstić information content (AvgIpc) is 3.14. The largest absolute Gasteiger partial charge is 0.419 e. The molecule has 0 radical (unpaired) electrons. The van der Waals surface area contributed by atoms with Crippen LogP contribution in [0.3, 0.4) is 0 Å². The first-order valence-corrected chi connectivity index (χ1v) is 10.5. The summed E-state index contributed by atoms with van der Waals surface area (Å²) in [5.74, 6) is -0.102. The fraction of sp³-hybridized carbons (Fsp3) is 0.350. The predicted octanol–water partition coefficient (Wildman–Crippen LogP) is 4.53. The molecule has 3 aromatic rings. The van der Waals surface area contributed by atoms with E-state index in [2.05, 4.69) is 46.8 Å². The molecule has 1 saturated heterocycles. The van der Waals surface area contributed by atoms with Crippen molar-refractivity contribution in [2.24, 2.45) is 0 Å². The fourth-order valence-electron chi connectivity index (χ4n) is 3.67. The lowest BCUT2D eigenvalue weighted by Gasteiger charge is -2.24. The number of alkyl halides is 3. The first kappa shape index (κ1) is 21.6. The summed E-state index contributed by atoms with van der Waals surface area (Å²) in [7, 11) is 0. The zero-order valence-electron chi connectivity index (χ0n) is 16.5. The van der Waals surface area contributed by atoms with Crippen molar-refractivity contribution < 1.29 is 18.0 Å². The molecule has 31 heavy (non-hydrogen) atoms. The van der Waals surface area contributed by atoms with Gasteiger partial charge in [-0.1, -0.05) is 6.07 Å². The van der Waals surface area contributed by atoms with Gasteiger partial charge in [0.05, 0.1) is 21.4 Å². The Kier molecular flexibility index (Phi) is 5.89. The number of aromatic amines is 1. The Morgan fingerprint density at radius 1 is 1.32 bits per heavy atom. The molecule has 3 heterocycles. The van der Waals surface area contributed by atoms with Crippen LogP contribution in [0.25, 0.3) is 22.2 Å². The zero-order valence-corrected chi connectivity index (χ0v) is 18.1. The van der Waals surface area contributed by atoms with E-state index in [1.807, 2.05) is 0 Å². The summed E-state index contributed by atoms with van der Waals surface area (Å²) in [6.07, 6.45) is -0.453. The number of hydrogen-bond acceptors (Lipinski definition) is 5. The van der Waals surface area contributed by atoms with Crippen molar-refractivity contribution >= 4 is 44.4 Å². The molecule has 164 valence electrons. The topological polar surface area (TPSA) is 94.7 Å². The summed E-state index contributed by atoms with van der Waals surface area (Å²) in [6.45, 7) is 3.00. The number of nitrogens with zero attached hydrogens (tertiary/aromatic N) is 2. The summed E-state index contributed by atoms with van der Waals surface area (Å²) < 4.78 is 41.8. The van der Waals surface area contributed by atoms with E-state index in [4.69, 9.17) is 0 Å². The fourth-order valence-corrected chi connectivity index (χ4v) is 4.23. The summed E-state index contributed by atoms with van der Waals surface area (Å²) in [5, 5.41) is 9.59. The van der Waals surface area contributed by atoms with Crippen molar-refractivity contribution in [3.8, 4) is 11.3 Å². The van der Waals surface area contributed by atoms with Crippen LogP contribution in [-0.4, -0.2) is 40.0 Å². The monoisotopic (exact) mass is 496 g/mol. The van der Waals surface area contributed by atoms with Crippen LogP contribution in [0.4, 0.5) is 24.8 Å². The lowest BCUT2D eigenvalue weighted by molar-refractivity contribution is -0.137. The molecule has 1 aliphatic rings. The third-order valence-corrected chi connectivity index (χ3v) is 5.91. The number of nitrogens with one attached hydrogen (secondary N) is 4. The quantitative estimate of drug-likeness (QED) is 0.425. The summed E-state index contributed by atoms with van der Waals surface area (Å²) in [5.41, 5.74) is 0.241. The number of aromatic nitrogens is 3. The number of amides is 1. The standard InChI is InChI=1S/C20H20BrF3N6O/c1-10(31)28-15-5-4-12-13(8-26-18(12)16(15)21)17-14(20(22,23)24)9-27-19(30-17)29-11-3-2-6-25-7-11/h4-5,8-9,11,25-26H,2-3,6-7H2,1H3,(H,28,31)(H,27,29,30). The second-order valence-electron chi connectivity index (χ2n) is 7.37. The number of fused-ring (bicyclic) bond motifs is 1. The Bertz CT molecular complexity index is 1120. The number of piperidine rings is 1. The van der Waals surface area contributed by atoms with Crippen molar-refractivity contribution in [3.63, 3.8) is 0 Å². The minimum Gasteiger partial charge on any atom is -0.360 e. The molecule has 7 nitrogen and oxygen atoms in total. The van der Waals surface area contributed by atoms with E-state index < -0.39 is 11.7 Å². The van der Waals surface area contributed by atoms with Gasteiger partial charge in [-0.25, -0.2) is 9.97 Å². The Balaban J connectivity index is 1.79. The van der Waals surface area contributed by atoms with Crippen molar-refractivity contribution in [3.05, 3.63) is 34.6 Å². The third kappa shape index (κ3) is 4.52. The van der Waals surface area contributed by atoms with Gasteiger partial charge in [-0.3, -0.25) is 4.79 Å². The van der Waals surface area contributed by atoms with Gasteiger partial charge in [-0.05, 0) is 41.4 Å². The number of H-pyrrole nitrogens is 1. The maximum atomic E-state index is 13.7. The maximum absolute atomic E-state index is 13.7. The SMILES string of the molecule is CC(=O)Nc1ccc2c(-c3nc(NC4CCCNC4)ncc3C(F)(F)F)c[nH]c2c1Br. The van der Waals surface area contributed by atoms with E-state index in [-0.39, 0.29) is 23.6 Å². The third-order valence-electron chi connectivity index (χ3n) is 5.08. The van der Waals surface area contributed by atoms with Gasteiger partial charge < -0.3 is 20.9 Å². The van der Waals surface area contributed by atoms with Gasteiger partial charge in [0.25, 0.3) is 0 Å². The molecule has 0 aliphatic carbocycles. The van der Waals surface area contributed by atoms with E-state index in [1.165, 1.54) is 13.1 Å². The second-order valence-corrected chi connectivity index (χ2v) is 8.17. The Labute approximate surface area is 184 Å².